The van der Waals surface area contributed by atoms with Gasteiger partial charge in [0, 0.05) is 5.56 Å². The summed E-state index contributed by atoms with van der Waals surface area (Å²) in [5.41, 5.74) is 1.00. The average molecular weight is 269 g/mol. The van der Waals surface area contributed by atoms with Gasteiger partial charge >= 0.3 is 0 Å². The fraction of sp³-hybridized carbons (Fsp3) is 0.154. The molecule has 6 heteroatoms. The third kappa shape index (κ3) is 2.34. The van der Waals surface area contributed by atoms with E-state index in [-0.39, 0.29) is 0 Å². The van der Waals surface area contributed by atoms with Gasteiger partial charge in [0.25, 0.3) is 0 Å². The topological polar surface area (TPSA) is 55.1 Å². The Labute approximate surface area is 114 Å². The molecule has 0 atom stereocenters. The molecule has 19 heavy (non-hydrogen) atoms. The highest BCUT2D eigenvalue weighted by atomic mass is 32.1. The second-order valence-corrected chi connectivity index (χ2v) is 4.93. The highest BCUT2D eigenvalue weighted by Gasteiger charge is 2.12. The van der Waals surface area contributed by atoms with Crippen molar-refractivity contribution in [2.45, 2.75) is 6.54 Å². The Hall–Kier alpha value is -2.23. The van der Waals surface area contributed by atoms with Crippen LogP contribution in [0.15, 0.2) is 30.3 Å². The summed E-state index contributed by atoms with van der Waals surface area (Å²) in [5, 5.41) is 16.9. The molecule has 0 saturated carbocycles. The quantitative estimate of drug-likeness (QED) is 0.577. The van der Waals surface area contributed by atoms with Crippen molar-refractivity contribution in [2.75, 3.05) is 6.54 Å². The molecule has 1 N–H and O–H groups in total. The summed E-state index contributed by atoms with van der Waals surface area (Å²) in [7, 11) is 0. The van der Waals surface area contributed by atoms with Crippen molar-refractivity contribution in [3.63, 3.8) is 0 Å². The number of terminal acetylenes is 1. The average Bonchev–Trinajstić information content (AvgIpc) is 3.00. The molecule has 0 fully saturated rings. The summed E-state index contributed by atoms with van der Waals surface area (Å²) in [5.74, 6) is 3.29. The van der Waals surface area contributed by atoms with Crippen molar-refractivity contribution < 1.29 is 0 Å². The lowest BCUT2D eigenvalue weighted by molar-refractivity contribution is 0.745. The number of benzene rings is 1. The largest absolute Gasteiger partial charge is 0.300 e. The minimum absolute atomic E-state index is 0.533. The molecule has 0 amide bonds. The van der Waals surface area contributed by atoms with Crippen molar-refractivity contribution in [3.05, 3.63) is 35.3 Å². The normalized spacial score (nSPS) is 10.7. The van der Waals surface area contributed by atoms with E-state index in [0.717, 1.165) is 21.4 Å². The number of nitrogens with one attached hydrogen (secondary N) is 1. The second kappa shape index (κ2) is 5.18. The van der Waals surface area contributed by atoms with Gasteiger partial charge in [-0.2, -0.15) is 9.61 Å². The minimum atomic E-state index is 0.533. The third-order valence-corrected chi connectivity index (χ3v) is 3.47. The molecule has 0 aliphatic carbocycles. The Morgan fingerprint density at radius 2 is 2.11 bits per heavy atom. The number of hydrogen-bond donors (Lipinski definition) is 1. The molecule has 2 heterocycles. The number of nitrogens with zero attached hydrogens (tertiary/aromatic N) is 4. The Morgan fingerprint density at radius 3 is 2.89 bits per heavy atom. The number of rotatable bonds is 4. The van der Waals surface area contributed by atoms with E-state index in [1.54, 1.807) is 4.52 Å². The molecule has 0 aliphatic rings. The van der Waals surface area contributed by atoms with Crippen LogP contribution in [0, 0.1) is 12.3 Å². The van der Waals surface area contributed by atoms with Crippen molar-refractivity contribution >= 4 is 16.3 Å². The van der Waals surface area contributed by atoms with Crippen LogP contribution in [0.5, 0.6) is 0 Å². The Balaban J connectivity index is 1.93. The Kier molecular flexibility index (Phi) is 3.23. The highest BCUT2D eigenvalue weighted by molar-refractivity contribution is 7.16. The fourth-order valence-electron chi connectivity index (χ4n) is 1.74. The summed E-state index contributed by atoms with van der Waals surface area (Å²) in [4.78, 5) is 0.788. The summed E-state index contributed by atoms with van der Waals surface area (Å²) in [6.07, 6.45) is 5.19. The van der Waals surface area contributed by atoms with Crippen molar-refractivity contribution in [1.29, 1.82) is 0 Å². The molecule has 0 radical (unpaired) electrons. The van der Waals surface area contributed by atoms with Crippen molar-refractivity contribution in [2.24, 2.45) is 0 Å². The summed E-state index contributed by atoms with van der Waals surface area (Å²) in [6, 6.07) is 9.90. The van der Waals surface area contributed by atoms with E-state index < -0.39 is 0 Å². The van der Waals surface area contributed by atoms with E-state index in [9.17, 15) is 0 Å². The SMILES string of the molecule is C#CCNCc1nn2c(-c3ccccc3)nnc2s1. The van der Waals surface area contributed by atoms with Gasteiger partial charge in [-0.3, -0.25) is 5.32 Å². The van der Waals surface area contributed by atoms with Crippen LogP contribution >= 0.6 is 11.3 Å². The van der Waals surface area contributed by atoms with Gasteiger partial charge in [0.2, 0.25) is 4.96 Å². The van der Waals surface area contributed by atoms with Crippen LogP contribution in [-0.4, -0.2) is 26.4 Å². The first-order valence-electron chi connectivity index (χ1n) is 5.79. The van der Waals surface area contributed by atoms with Gasteiger partial charge < -0.3 is 0 Å². The third-order valence-electron chi connectivity index (χ3n) is 2.57. The zero-order valence-electron chi connectivity index (χ0n) is 10.1. The fourth-order valence-corrected chi connectivity index (χ4v) is 2.54. The van der Waals surface area contributed by atoms with Gasteiger partial charge in [-0.15, -0.1) is 16.6 Å². The monoisotopic (exact) mass is 269 g/mol. The van der Waals surface area contributed by atoms with Gasteiger partial charge in [-0.25, -0.2) is 0 Å². The summed E-state index contributed by atoms with van der Waals surface area (Å²) < 4.78 is 1.77. The predicted molar refractivity (Wildman–Crippen MR) is 74.6 cm³/mol. The molecule has 0 spiro atoms. The van der Waals surface area contributed by atoms with Gasteiger partial charge in [-0.05, 0) is 0 Å². The number of fused-ring (bicyclic) bond motifs is 1. The molecular weight excluding hydrogens is 258 g/mol. The molecule has 0 unspecified atom stereocenters. The molecule has 5 nitrogen and oxygen atoms in total. The molecule has 0 aliphatic heterocycles. The van der Waals surface area contributed by atoms with E-state index in [2.05, 4.69) is 26.5 Å². The summed E-state index contributed by atoms with van der Waals surface area (Å²) in [6.45, 7) is 1.18. The molecular formula is C13H11N5S. The zero-order chi connectivity index (χ0) is 13.1. The predicted octanol–water partition coefficient (Wildman–Crippen LogP) is 1.58. The maximum absolute atomic E-state index is 5.19. The van der Waals surface area contributed by atoms with Crippen molar-refractivity contribution in [1.82, 2.24) is 25.1 Å². The van der Waals surface area contributed by atoms with E-state index in [1.807, 2.05) is 30.3 Å². The molecule has 0 saturated heterocycles. The van der Waals surface area contributed by atoms with Crippen LogP contribution in [0.3, 0.4) is 0 Å². The van der Waals surface area contributed by atoms with Crippen LogP contribution in [0.25, 0.3) is 16.3 Å². The molecule has 1 aromatic carbocycles. The lowest BCUT2D eigenvalue weighted by atomic mass is 10.2. The standard InChI is InChI=1S/C13H11N5S/c1-2-8-14-9-11-17-18-12(15-16-13(18)19-11)10-6-4-3-5-7-10/h1,3-7,14H,8-9H2. The van der Waals surface area contributed by atoms with Gasteiger partial charge in [0.15, 0.2) is 5.82 Å². The lowest BCUT2D eigenvalue weighted by Crippen LogP contribution is -2.13. The van der Waals surface area contributed by atoms with Gasteiger partial charge in [-0.1, -0.05) is 47.6 Å². The van der Waals surface area contributed by atoms with Gasteiger partial charge in [0.05, 0.1) is 13.1 Å². The smallest absolute Gasteiger partial charge is 0.235 e. The second-order valence-electron chi connectivity index (χ2n) is 3.89. The highest BCUT2D eigenvalue weighted by Crippen LogP contribution is 2.21. The molecule has 3 aromatic rings. The number of hydrogen-bond acceptors (Lipinski definition) is 5. The van der Waals surface area contributed by atoms with E-state index >= 15 is 0 Å². The molecule has 94 valence electrons. The van der Waals surface area contributed by atoms with E-state index in [4.69, 9.17) is 6.42 Å². The van der Waals surface area contributed by atoms with Crippen molar-refractivity contribution in [3.8, 4) is 23.7 Å². The minimum Gasteiger partial charge on any atom is -0.300 e. The van der Waals surface area contributed by atoms with E-state index in [0.29, 0.717) is 13.1 Å². The lowest BCUT2D eigenvalue weighted by Gasteiger charge is -1.96. The first-order valence-corrected chi connectivity index (χ1v) is 6.61. The molecule has 0 bridgehead atoms. The Bertz CT molecular complexity index is 722. The van der Waals surface area contributed by atoms with Crippen LogP contribution in [-0.2, 0) is 6.54 Å². The Morgan fingerprint density at radius 1 is 1.26 bits per heavy atom. The van der Waals surface area contributed by atoms with Crippen LogP contribution in [0.2, 0.25) is 0 Å². The first-order chi connectivity index (χ1) is 9.38. The van der Waals surface area contributed by atoms with Gasteiger partial charge in [0.1, 0.15) is 5.01 Å². The van der Waals surface area contributed by atoms with Crippen LogP contribution in [0.4, 0.5) is 0 Å². The zero-order valence-corrected chi connectivity index (χ0v) is 10.9. The molecule has 2 aromatic heterocycles. The van der Waals surface area contributed by atoms with E-state index in [1.165, 1.54) is 11.3 Å². The van der Waals surface area contributed by atoms with Crippen LogP contribution in [0.1, 0.15) is 5.01 Å². The first kappa shape index (κ1) is 11.8. The maximum atomic E-state index is 5.19. The summed E-state index contributed by atoms with van der Waals surface area (Å²) >= 11 is 1.51. The maximum Gasteiger partial charge on any atom is 0.235 e. The molecule has 3 rings (SSSR count). The van der Waals surface area contributed by atoms with Crippen LogP contribution < -0.4 is 5.32 Å². The number of aromatic nitrogens is 4.